The highest BCUT2D eigenvalue weighted by Gasteiger charge is 2.24. The molecule has 0 aliphatic carbocycles. The van der Waals surface area contributed by atoms with Crippen LogP contribution in [0.1, 0.15) is 20.8 Å². The fraction of sp³-hybridized carbons (Fsp3) is 0.500. The summed E-state index contributed by atoms with van der Waals surface area (Å²) in [5, 5.41) is 13.2. The van der Waals surface area contributed by atoms with Crippen LogP contribution >= 0.6 is 27.5 Å². The number of aliphatic hydroxyl groups excluding tert-OH is 1. The van der Waals surface area contributed by atoms with E-state index in [0.717, 1.165) is 4.47 Å². The molecule has 84 valence electrons. The minimum atomic E-state index is -0.501. The van der Waals surface area contributed by atoms with E-state index in [2.05, 4.69) is 26.2 Å². The second-order valence-corrected chi connectivity index (χ2v) is 5.33. The quantitative estimate of drug-likeness (QED) is 0.900. The van der Waals surface area contributed by atoms with Gasteiger partial charge in [0.25, 0.3) is 0 Å². The molecule has 0 saturated carbocycles. The zero-order chi connectivity index (χ0) is 11.6. The van der Waals surface area contributed by atoms with E-state index in [4.69, 9.17) is 11.6 Å². The lowest BCUT2D eigenvalue weighted by Gasteiger charge is -2.30. The molecule has 1 atom stereocenters. The van der Waals surface area contributed by atoms with Crippen molar-refractivity contribution in [2.75, 3.05) is 5.32 Å². The van der Waals surface area contributed by atoms with Gasteiger partial charge in [0.2, 0.25) is 0 Å². The number of aromatic nitrogens is 1. The van der Waals surface area contributed by atoms with Crippen molar-refractivity contribution in [1.29, 1.82) is 0 Å². The largest absolute Gasteiger partial charge is 0.391 e. The molecule has 0 amide bonds. The van der Waals surface area contributed by atoms with E-state index in [1.807, 2.05) is 13.8 Å². The van der Waals surface area contributed by atoms with E-state index in [1.165, 1.54) is 0 Å². The number of anilines is 1. The van der Waals surface area contributed by atoms with Gasteiger partial charge in [-0.05, 0) is 42.8 Å². The Kier molecular flexibility index (Phi) is 3.98. The maximum atomic E-state index is 9.54. The molecule has 0 bridgehead atoms. The molecular formula is C10H14BrClN2O. The molecule has 0 aliphatic rings. The van der Waals surface area contributed by atoms with Gasteiger partial charge in [-0.25, -0.2) is 4.98 Å². The molecule has 0 radical (unpaired) electrons. The molecule has 1 aromatic heterocycles. The van der Waals surface area contributed by atoms with Crippen molar-refractivity contribution in [2.24, 2.45) is 0 Å². The van der Waals surface area contributed by atoms with Gasteiger partial charge in [-0.3, -0.25) is 0 Å². The smallest absolute Gasteiger partial charge is 0.145 e. The zero-order valence-corrected chi connectivity index (χ0v) is 11.2. The maximum absolute atomic E-state index is 9.54. The van der Waals surface area contributed by atoms with Gasteiger partial charge in [-0.1, -0.05) is 11.6 Å². The summed E-state index contributed by atoms with van der Waals surface area (Å²) >= 11 is 9.28. The lowest BCUT2D eigenvalue weighted by Crippen LogP contribution is -2.42. The van der Waals surface area contributed by atoms with E-state index in [-0.39, 0.29) is 0 Å². The Morgan fingerprint density at radius 3 is 2.67 bits per heavy atom. The van der Waals surface area contributed by atoms with Gasteiger partial charge in [0.15, 0.2) is 0 Å². The summed E-state index contributed by atoms with van der Waals surface area (Å²) in [4.78, 5) is 4.14. The molecule has 1 rings (SSSR count). The van der Waals surface area contributed by atoms with Crippen molar-refractivity contribution in [1.82, 2.24) is 4.98 Å². The molecule has 1 heterocycles. The van der Waals surface area contributed by atoms with Crippen LogP contribution < -0.4 is 5.32 Å². The van der Waals surface area contributed by atoms with E-state index in [1.54, 1.807) is 19.2 Å². The van der Waals surface area contributed by atoms with Gasteiger partial charge in [-0.15, -0.1) is 0 Å². The SMILES string of the molecule is CC(O)C(C)(C)Nc1ncc(Br)cc1Cl. The van der Waals surface area contributed by atoms with Crippen LogP contribution in [0.3, 0.4) is 0 Å². The molecule has 5 heteroatoms. The fourth-order valence-corrected chi connectivity index (χ4v) is 1.59. The number of hydrogen-bond acceptors (Lipinski definition) is 3. The van der Waals surface area contributed by atoms with Crippen molar-refractivity contribution < 1.29 is 5.11 Å². The number of hydrogen-bond donors (Lipinski definition) is 2. The summed E-state index contributed by atoms with van der Waals surface area (Å²) in [5.41, 5.74) is -0.468. The topological polar surface area (TPSA) is 45.1 Å². The highest BCUT2D eigenvalue weighted by atomic mass is 79.9. The first-order valence-electron chi connectivity index (χ1n) is 4.60. The third-order valence-corrected chi connectivity index (χ3v) is 3.01. The average molecular weight is 294 g/mol. The van der Waals surface area contributed by atoms with E-state index >= 15 is 0 Å². The molecule has 2 N–H and O–H groups in total. The fourth-order valence-electron chi connectivity index (χ4n) is 0.916. The predicted octanol–water partition coefficient (Wildman–Crippen LogP) is 3.07. The van der Waals surface area contributed by atoms with Gasteiger partial charge in [0.05, 0.1) is 16.7 Å². The van der Waals surface area contributed by atoms with Gasteiger partial charge < -0.3 is 10.4 Å². The average Bonchev–Trinajstić information content (AvgIpc) is 2.09. The Morgan fingerprint density at radius 2 is 2.20 bits per heavy atom. The predicted molar refractivity (Wildman–Crippen MR) is 66.3 cm³/mol. The minimum absolute atomic E-state index is 0.468. The number of nitrogens with one attached hydrogen (secondary N) is 1. The zero-order valence-electron chi connectivity index (χ0n) is 8.88. The summed E-state index contributed by atoms with van der Waals surface area (Å²) in [5.74, 6) is 0.575. The maximum Gasteiger partial charge on any atom is 0.145 e. The molecule has 0 aromatic carbocycles. The Morgan fingerprint density at radius 1 is 1.60 bits per heavy atom. The molecule has 1 unspecified atom stereocenters. The van der Waals surface area contributed by atoms with Crippen molar-refractivity contribution in [3.05, 3.63) is 21.8 Å². The van der Waals surface area contributed by atoms with Crippen LogP contribution in [0.25, 0.3) is 0 Å². The Bertz CT molecular complexity index is 355. The monoisotopic (exact) mass is 292 g/mol. The minimum Gasteiger partial charge on any atom is -0.391 e. The van der Waals surface area contributed by atoms with Crippen LogP contribution in [0, 0.1) is 0 Å². The number of halogens is 2. The summed E-state index contributed by atoms with van der Waals surface area (Å²) in [6, 6.07) is 1.76. The van der Waals surface area contributed by atoms with E-state index in [9.17, 15) is 5.11 Å². The molecule has 0 fully saturated rings. The van der Waals surface area contributed by atoms with Crippen molar-refractivity contribution in [2.45, 2.75) is 32.4 Å². The standard InChI is InChI=1S/C10H14BrClN2O/c1-6(15)10(2,3)14-9-8(12)4-7(11)5-13-9/h4-6,15H,1-3H3,(H,13,14). The van der Waals surface area contributed by atoms with Crippen LogP contribution in [-0.2, 0) is 0 Å². The third-order valence-electron chi connectivity index (χ3n) is 2.29. The molecular weight excluding hydrogens is 279 g/mol. The van der Waals surface area contributed by atoms with Crippen LogP contribution in [0.4, 0.5) is 5.82 Å². The summed E-state index contributed by atoms with van der Waals surface area (Å²) in [6.07, 6.45) is 1.16. The van der Waals surface area contributed by atoms with Crippen molar-refractivity contribution in [3.8, 4) is 0 Å². The van der Waals surface area contributed by atoms with Crippen LogP contribution in [-0.4, -0.2) is 21.7 Å². The molecule has 1 aromatic rings. The number of rotatable bonds is 3. The van der Waals surface area contributed by atoms with Crippen LogP contribution in [0.5, 0.6) is 0 Å². The number of aliphatic hydroxyl groups is 1. The first kappa shape index (κ1) is 12.7. The first-order valence-corrected chi connectivity index (χ1v) is 5.77. The molecule has 0 aliphatic heterocycles. The molecule has 3 nitrogen and oxygen atoms in total. The Hall–Kier alpha value is -0.320. The lowest BCUT2D eigenvalue weighted by atomic mass is 9.99. The van der Waals surface area contributed by atoms with E-state index in [0.29, 0.717) is 10.8 Å². The lowest BCUT2D eigenvalue weighted by molar-refractivity contribution is 0.133. The Labute approximate surface area is 103 Å². The summed E-state index contributed by atoms with van der Waals surface area (Å²) in [7, 11) is 0. The molecule has 0 saturated heterocycles. The van der Waals surface area contributed by atoms with E-state index < -0.39 is 11.6 Å². The second kappa shape index (κ2) is 4.68. The highest BCUT2D eigenvalue weighted by Crippen LogP contribution is 2.26. The van der Waals surface area contributed by atoms with Gasteiger partial charge in [-0.2, -0.15) is 0 Å². The summed E-state index contributed by atoms with van der Waals surface area (Å²) < 4.78 is 0.827. The highest BCUT2D eigenvalue weighted by molar-refractivity contribution is 9.10. The van der Waals surface area contributed by atoms with Crippen LogP contribution in [0.15, 0.2) is 16.7 Å². The van der Waals surface area contributed by atoms with Crippen molar-refractivity contribution >= 4 is 33.3 Å². The Balaban J connectivity index is 2.90. The second-order valence-electron chi connectivity index (χ2n) is 4.01. The van der Waals surface area contributed by atoms with Crippen molar-refractivity contribution in [3.63, 3.8) is 0 Å². The van der Waals surface area contributed by atoms with Gasteiger partial charge in [0.1, 0.15) is 5.82 Å². The van der Waals surface area contributed by atoms with Gasteiger partial charge >= 0.3 is 0 Å². The van der Waals surface area contributed by atoms with Gasteiger partial charge in [0, 0.05) is 10.7 Å². The molecule has 0 spiro atoms. The number of pyridine rings is 1. The number of nitrogens with zero attached hydrogens (tertiary/aromatic N) is 1. The molecule has 15 heavy (non-hydrogen) atoms. The summed E-state index contributed by atoms with van der Waals surface area (Å²) in [6.45, 7) is 5.50. The normalized spacial score (nSPS) is 13.7. The first-order chi connectivity index (χ1) is 6.83. The van der Waals surface area contributed by atoms with Crippen LogP contribution in [0.2, 0.25) is 5.02 Å². The third kappa shape index (κ3) is 3.33.